The van der Waals surface area contributed by atoms with Crippen molar-refractivity contribution in [1.29, 1.82) is 0 Å². The number of carbonyl (C=O) groups is 1. The molecular formula is C21H25N3O2. The predicted octanol–water partition coefficient (Wildman–Crippen LogP) is 2.21. The highest BCUT2D eigenvalue weighted by molar-refractivity contribution is 5.81. The number of likely N-dealkylation sites (N-methyl/N-ethyl adjacent to an activating group) is 1. The molecule has 1 aromatic heterocycles. The molecular weight excluding hydrogens is 326 g/mol. The van der Waals surface area contributed by atoms with Gasteiger partial charge >= 0.3 is 0 Å². The van der Waals surface area contributed by atoms with E-state index in [-0.39, 0.29) is 17.5 Å². The van der Waals surface area contributed by atoms with Crippen LogP contribution in [0, 0.1) is 0 Å². The zero-order chi connectivity index (χ0) is 17.8. The van der Waals surface area contributed by atoms with Gasteiger partial charge in [-0.15, -0.1) is 0 Å². The number of hydrogen-bond donors (Lipinski definition) is 1. The third-order valence-electron chi connectivity index (χ3n) is 6.58. The molecule has 1 amide bonds. The van der Waals surface area contributed by atoms with Crippen LogP contribution in [0.3, 0.4) is 0 Å². The molecule has 2 saturated heterocycles. The van der Waals surface area contributed by atoms with Gasteiger partial charge in [0.25, 0.3) is 5.56 Å². The Morgan fingerprint density at radius 2 is 1.85 bits per heavy atom. The van der Waals surface area contributed by atoms with Crippen molar-refractivity contribution in [2.45, 2.75) is 57.2 Å². The van der Waals surface area contributed by atoms with Crippen molar-refractivity contribution in [3.63, 3.8) is 0 Å². The fourth-order valence-electron chi connectivity index (χ4n) is 5.10. The lowest BCUT2D eigenvalue weighted by Crippen LogP contribution is -2.39. The SMILES string of the molecule is CN1C[C@@H]2CC[C@H](CC1=O)N2Cc1cc2cc3c(cc2[nH]c1=O)CCC3. The van der Waals surface area contributed by atoms with E-state index < -0.39 is 0 Å². The van der Waals surface area contributed by atoms with Crippen LogP contribution in [0.2, 0.25) is 0 Å². The zero-order valence-corrected chi connectivity index (χ0v) is 15.3. The number of fused-ring (bicyclic) bond motifs is 4. The predicted molar refractivity (Wildman–Crippen MR) is 101 cm³/mol. The number of aromatic nitrogens is 1. The van der Waals surface area contributed by atoms with Crippen LogP contribution in [-0.2, 0) is 24.2 Å². The molecule has 2 fully saturated rings. The minimum atomic E-state index is 0.0128. The van der Waals surface area contributed by atoms with Gasteiger partial charge in [-0.3, -0.25) is 14.5 Å². The smallest absolute Gasteiger partial charge is 0.252 e. The molecule has 2 bridgehead atoms. The highest BCUT2D eigenvalue weighted by Crippen LogP contribution is 2.32. The summed E-state index contributed by atoms with van der Waals surface area (Å²) < 4.78 is 0. The molecule has 26 heavy (non-hydrogen) atoms. The molecule has 1 N–H and O–H groups in total. The maximum Gasteiger partial charge on any atom is 0.252 e. The number of aromatic amines is 1. The van der Waals surface area contributed by atoms with E-state index in [9.17, 15) is 9.59 Å². The van der Waals surface area contributed by atoms with E-state index in [1.807, 2.05) is 11.9 Å². The van der Waals surface area contributed by atoms with Crippen molar-refractivity contribution in [3.8, 4) is 0 Å². The molecule has 0 unspecified atom stereocenters. The van der Waals surface area contributed by atoms with Gasteiger partial charge in [-0.1, -0.05) is 0 Å². The quantitative estimate of drug-likeness (QED) is 0.903. The Balaban J connectivity index is 1.49. The number of likely N-dealkylation sites (tertiary alicyclic amines) is 1. The summed E-state index contributed by atoms with van der Waals surface area (Å²) in [5.41, 5.74) is 4.60. The van der Waals surface area contributed by atoms with Crippen LogP contribution in [0.15, 0.2) is 23.0 Å². The standard InChI is InChI=1S/C21H25N3O2/c1-23-12-18-6-5-17(10-20(23)25)24(18)11-16-8-15-7-13-3-2-4-14(13)9-19(15)22-21(16)26/h7-9,17-18H,2-6,10-12H2,1H3,(H,22,26)/t17-,18+/m1/s1. The molecule has 1 aliphatic carbocycles. The monoisotopic (exact) mass is 351 g/mol. The molecule has 3 aliphatic rings. The summed E-state index contributed by atoms with van der Waals surface area (Å²) in [7, 11) is 1.89. The average molecular weight is 351 g/mol. The number of rotatable bonds is 2. The third kappa shape index (κ3) is 2.57. The fourth-order valence-corrected chi connectivity index (χ4v) is 5.10. The summed E-state index contributed by atoms with van der Waals surface area (Å²) in [5.74, 6) is 0.227. The Morgan fingerprint density at radius 1 is 1.08 bits per heavy atom. The first-order valence-corrected chi connectivity index (χ1v) is 9.76. The van der Waals surface area contributed by atoms with Crippen molar-refractivity contribution in [3.05, 3.63) is 45.2 Å². The normalized spacial score (nSPS) is 25.7. The zero-order valence-electron chi connectivity index (χ0n) is 15.3. The van der Waals surface area contributed by atoms with Gasteiger partial charge in [-0.25, -0.2) is 0 Å². The molecule has 2 atom stereocenters. The Hall–Kier alpha value is -2.14. The lowest BCUT2D eigenvalue weighted by molar-refractivity contribution is -0.130. The maximum absolute atomic E-state index is 12.7. The molecule has 136 valence electrons. The number of carbonyl (C=O) groups excluding carboxylic acids is 1. The molecule has 5 heteroatoms. The molecule has 3 heterocycles. The van der Waals surface area contributed by atoms with Crippen LogP contribution < -0.4 is 5.56 Å². The van der Waals surface area contributed by atoms with Gasteiger partial charge in [-0.2, -0.15) is 0 Å². The largest absolute Gasteiger partial charge is 0.344 e. The number of pyridine rings is 1. The van der Waals surface area contributed by atoms with Gasteiger partial charge in [0.05, 0.1) is 0 Å². The average Bonchev–Trinajstić information content (AvgIpc) is 3.18. The van der Waals surface area contributed by atoms with Crippen molar-refractivity contribution in [2.24, 2.45) is 0 Å². The minimum absolute atomic E-state index is 0.0128. The van der Waals surface area contributed by atoms with E-state index in [0.717, 1.165) is 48.7 Å². The van der Waals surface area contributed by atoms with Gasteiger partial charge in [0, 0.05) is 49.7 Å². The molecule has 2 aliphatic heterocycles. The topological polar surface area (TPSA) is 56.4 Å². The van der Waals surface area contributed by atoms with E-state index in [0.29, 0.717) is 19.0 Å². The molecule has 1 aromatic carbocycles. The van der Waals surface area contributed by atoms with Gasteiger partial charge < -0.3 is 9.88 Å². The van der Waals surface area contributed by atoms with Crippen molar-refractivity contribution in [1.82, 2.24) is 14.8 Å². The first-order valence-electron chi connectivity index (χ1n) is 9.76. The summed E-state index contributed by atoms with van der Waals surface area (Å²) in [5, 5.41) is 1.13. The van der Waals surface area contributed by atoms with Crippen LogP contribution in [0.1, 0.15) is 42.4 Å². The van der Waals surface area contributed by atoms with Gasteiger partial charge in [-0.05, 0) is 66.8 Å². The van der Waals surface area contributed by atoms with Crippen LogP contribution in [0.4, 0.5) is 0 Å². The number of H-pyrrole nitrogens is 1. The molecule has 5 nitrogen and oxygen atoms in total. The molecule has 2 aromatic rings. The van der Waals surface area contributed by atoms with Crippen molar-refractivity contribution >= 4 is 16.8 Å². The summed E-state index contributed by atoms with van der Waals surface area (Å²) in [6.07, 6.45) is 6.22. The Bertz CT molecular complexity index is 948. The second-order valence-corrected chi connectivity index (χ2v) is 8.22. The molecule has 5 rings (SSSR count). The fraction of sp³-hybridized carbons (Fsp3) is 0.524. The van der Waals surface area contributed by atoms with E-state index in [4.69, 9.17) is 0 Å². The van der Waals surface area contributed by atoms with Gasteiger partial charge in [0.2, 0.25) is 5.91 Å². The Morgan fingerprint density at radius 3 is 2.69 bits per heavy atom. The first-order chi connectivity index (χ1) is 12.6. The number of hydrogen-bond acceptors (Lipinski definition) is 3. The highest BCUT2D eigenvalue weighted by Gasteiger charge is 2.39. The van der Waals surface area contributed by atoms with E-state index in [1.165, 1.54) is 17.5 Å². The van der Waals surface area contributed by atoms with Crippen LogP contribution in [0.25, 0.3) is 10.9 Å². The van der Waals surface area contributed by atoms with Gasteiger partial charge in [0.15, 0.2) is 0 Å². The van der Waals surface area contributed by atoms with Crippen LogP contribution >= 0.6 is 0 Å². The molecule has 0 saturated carbocycles. The number of nitrogens with zero attached hydrogens (tertiary/aromatic N) is 2. The number of aryl methyl sites for hydroxylation is 2. The Kier molecular flexibility index (Phi) is 3.67. The number of amides is 1. The summed E-state index contributed by atoms with van der Waals surface area (Å²) in [6, 6.07) is 7.12. The Labute approximate surface area is 153 Å². The minimum Gasteiger partial charge on any atom is -0.344 e. The lowest BCUT2D eigenvalue weighted by atomic mass is 10.0. The van der Waals surface area contributed by atoms with Crippen molar-refractivity contribution in [2.75, 3.05) is 13.6 Å². The molecule has 0 spiro atoms. The number of benzene rings is 1. The third-order valence-corrected chi connectivity index (χ3v) is 6.58. The maximum atomic E-state index is 12.7. The summed E-state index contributed by atoms with van der Waals surface area (Å²) >= 11 is 0. The van der Waals surface area contributed by atoms with Crippen LogP contribution in [0.5, 0.6) is 0 Å². The first kappa shape index (κ1) is 16.1. The lowest BCUT2D eigenvalue weighted by Gasteiger charge is -2.27. The van der Waals surface area contributed by atoms with Crippen LogP contribution in [-0.4, -0.2) is 46.4 Å². The van der Waals surface area contributed by atoms with E-state index in [1.54, 1.807) is 0 Å². The number of nitrogens with one attached hydrogen (secondary N) is 1. The van der Waals surface area contributed by atoms with Gasteiger partial charge in [0.1, 0.15) is 0 Å². The van der Waals surface area contributed by atoms with E-state index >= 15 is 0 Å². The molecule has 0 radical (unpaired) electrons. The second kappa shape index (κ2) is 5.95. The van der Waals surface area contributed by atoms with E-state index in [2.05, 4.69) is 28.1 Å². The summed E-state index contributed by atoms with van der Waals surface area (Å²) in [6.45, 7) is 1.41. The second-order valence-electron chi connectivity index (χ2n) is 8.22. The summed E-state index contributed by atoms with van der Waals surface area (Å²) in [4.78, 5) is 32.2. The van der Waals surface area contributed by atoms with Crippen molar-refractivity contribution < 1.29 is 4.79 Å². The highest BCUT2D eigenvalue weighted by atomic mass is 16.2.